The Balaban J connectivity index is 1.52. The standard InChI is InChI=1S/C70H132N2O21/c1-4-6-8-10-12-14-16-18-19-20-21-22-23-24-25-26-27-28-29-30-32-34-36-38-40-42-44-57(80)72-51(52(77)43-41-39-37-35-33-31-17-15-13-11-9-7-5-2)49-88-67-62(84)61(83)64(56(48-75)90-67)91-68-63(85)66(60(82)55(47-74)89-68)93-70(69(86)87)45-53(78)58(71-50(3)76)65(92-70)59(81)54(79)46-73/h51-56,58-68,73-75,77-79,81-85H,4-49H2,1-3H3,(H,71,76)(H,72,80)(H,86,87). The molecule has 3 fully saturated rings. The van der Waals surface area contributed by atoms with Crippen LogP contribution in [-0.4, -0.2) is 215 Å². The minimum Gasteiger partial charge on any atom is -0.477 e. The summed E-state index contributed by atoms with van der Waals surface area (Å²) in [4.78, 5) is 38.6. The van der Waals surface area contributed by atoms with Gasteiger partial charge in [0.25, 0.3) is 5.79 Å². The minimum absolute atomic E-state index is 0.229. The molecule has 93 heavy (non-hydrogen) atoms. The molecule has 0 spiro atoms. The van der Waals surface area contributed by atoms with E-state index < -0.39 is 148 Å². The summed E-state index contributed by atoms with van der Waals surface area (Å²) in [6, 6.07) is -2.52. The van der Waals surface area contributed by atoms with E-state index in [0.29, 0.717) is 19.3 Å². The second-order valence-electron chi connectivity index (χ2n) is 27.2. The summed E-state index contributed by atoms with van der Waals surface area (Å²) < 4.78 is 34.9. The van der Waals surface area contributed by atoms with Crippen LogP contribution in [0.3, 0.4) is 0 Å². The monoisotopic (exact) mass is 1340 g/mol. The summed E-state index contributed by atoms with van der Waals surface area (Å²) in [5.74, 6) is -6.09. The number of hydrogen-bond donors (Lipinski definition) is 14. The molecule has 0 aliphatic carbocycles. The van der Waals surface area contributed by atoms with Gasteiger partial charge in [0.2, 0.25) is 11.8 Å². The van der Waals surface area contributed by atoms with E-state index in [1.54, 1.807) is 0 Å². The second-order valence-corrected chi connectivity index (χ2v) is 27.2. The van der Waals surface area contributed by atoms with Crippen LogP contribution in [0.5, 0.6) is 0 Å². The molecule has 18 atom stereocenters. The number of rotatable bonds is 57. The first-order chi connectivity index (χ1) is 44.9. The lowest BCUT2D eigenvalue weighted by Crippen LogP contribution is -2.70. The number of carbonyl (C=O) groups is 3. The molecule has 548 valence electrons. The third-order valence-electron chi connectivity index (χ3n) is 19.1. The largest absolute Gasteiger partial charge is 0.477 e. The topological polar surface area (TPSA) is 373 Å². The number of carbonyl (C=O) groups excluding carboxylic acids is 2. The van der Waals surface area contributed by atoms with Gasteiger partial charge in [-0.3, -0.25) is 9.59 Å². The number of unbranched alkanes of at least 4 members (excludes halogenated alkanes) is 37. The summed E-state index contributed by atoms with van der Waals surface area (Å²) in [5, 5.41) is 136. The molecule has 3 heterocycles. The SMILES string of the molecule is CCCCCCCCCCCCCCCCCCCCCCCCCCCCC(=O)NC(COC1OC(CO)C(OC2OC(CO)C(O)C(OC3(C(=O)O)CC(O)C(NC(C)=O)C(C(O)C(O)CO)O3)C2O)C(O)C1O)C(O)CCCCCCCCCCCCCCC. The van der Waals surface area contributed by atoms with Gasteiger partial charge in [-0.1, -0.05) is 258 Å². The maximum Gasteiger partial charge on any atom is 0.364 e. The molecule has 3 rings (SSSR count). The van der Waals surface area contributed by atoms with E-state index in [1.807, 2.05) is 0 Å². The number of ether oxygens (including phenoxy) is 6. The molecule has 0 saturated carbocycles. The minimum atomic E-state index is -3.08. The number of carboxylic acid groups (broad SMARTS) is 1. The molecule has 0 aromatic heterocycles. The van der Waals surface area contributed by atoms with Crippen molar-refractivity contribution in [1.29, 1.82) is 0 Å². The first kappa shape index (κ1) is 85.0. The van der Waals surface area contributed by atoms with Gasteiger partial charge in [-0.15, -0.1) is 0 Å². The van der Waals surface area contributed by atoms with E-state index in [0.717, 1.165) is 51.9 Å². The maximum absolute atomic E-state index is 13.5. The lowest BCUT2D eigenvalue weighted by atomic mass is 9.88. The van der Waals surface area contributed by atoms with Crippen LogP contribution in [0.1, 0.15) is 290 Å². The van der Waals surface area contributed by atoms with Crippen molar-refractivity contribution in [3.8, 4) is 0 Å². The van der Waals surface area contributed by atoms with E-state index in [2.05, 4.69) is 24.5 Å². The van der Waals surface area contributed by atoms with Gasteiger partial charge in [0, 0.05) is 19.8 Å². The number of nitrogens with one attached hydrogen (secondary N) is 2. The summed E-state index contributed by atoms with van der Waals surface area (Å²) in [5.41, 5.74) is 0. The molecule has 0 radical (unpaired) electrons. The molecule has 2 amide bonds. The number of amides is 2. The molecule has 14 N–H and O–H groups in total. The van der Waals surface area contributed by atoms with Crippen molar-refractivity contribution in [2.24, 2.45) is 0 Å². The zero-order valence-electron chi connectivity index (χ0n) is 57.4. The Bertz CT molecular complexity index is 1880. The Morgan fingerprint density at radius 2 is 0.935 bits per heavy atom. The molecule has 3 saturated heterocycles. The summed E-state index contributed by atoms with van der Waals surface area (Å²) in [7, 11) is 0. The average molecular weight is 1340 g/mol. The highest BCUT2D eigenvalue weighted by atomic mass is 16.8. The first-order valence-corrected chi connectivity index (χ1v) is 36.9. The second kappa shape index (κ2) is 51.0. The van der Waals surface area contributed by atoms with E-state index >= 15 is 0 Å². The van der Waals surface area contributed by atoms with Gasteiger partial charge < -0.3 is 100 Å². The quantitative estimate of drug-likeness (QED) is 0.0260. The molecular formula is C70H132N2O21. The van der Waals surface area contributed by atoms with E-state index in [1.165, 1.54) is 193 Å². The fourth-order valence-corrected chi connectivity index (χ4v) is 13.2. The van der Waals surface area contributed by atoms with Crippen LogP contribution in [0.2, 0.25) is 0 Å². The zero-order valence-corrected chi connectivity index (χ0v) is 57.4. The third-order valence-corrected chi connectivity index (χ3v) is 19.1. The van der Waals surface area contributed by atoms with Crippen LogP contribution in [0.25, 0.3) is 0 Å². The van der Waals surface area contributed by atoms with Gasteiger partial charge in [0.05, 0.1) is 50.7 Å². The number of aliphatic hydroxyl groups is 11. The molecule has 23 nitrogen and oxygen atoms in total. The van der Waals surface area contributed by atoms with Gasteiger partial charge in [-0.05, 0) is 12.8 Å². The van der Waals surface area contributed by atoms with Crippen LogP contribution in [0.4, 0.5) is 0 Å². The smallest absolute Gasteiger partial charge is 0.364 e. The van der Waals surface area contributed by atoms with E-state index in [9.17, 15) is 75.7 Å². The summed E-state index contributed by atoms with van der Waals surface area (Å²) in [6.07, 6.45) is 19.7. The Morgan fingerprint density at radius 3 is 1.34 bits per heavy atom. The van der Waals surface area contributed by atoms with E-state index in [4.69, 9.17) is 28.4 Å². The van der Waals surface area contributed by atoms with Gasteiger partial charge in [-0.25, -0.2) is 4.79 Å². The summed E-state index contributed by atoms with van der Waals surface area (Å²) in [6.45, 7) is 2.23. The number of hydrogen-bond acceptors (Lipinski definition) is 20. The van der Waals surface area contributed by atoms with Crippen LogP contribution >= 0.6 is 0 Å². The Hall–Kier alpha value is -2.27. The van der Waals surface area contributed by atoms with Gasteiger partial charge >= 0.3 is 5.97 Å². The molecule has 3 aliphatic rings. The van der Waals surface area contributed by atoms with Crippen molar-refractivity contribution in [3.05, 3.63) is 0 Å². The lowest BCUT2D eigenvalue weighted by Gasteiger charge is -2.50. The van der Waals surface area contributed by atoms with Crippen molar-refractivity contribution in [3.63, 3.8) is 0 Å². The molecule has 18 unspecified atom stereocenters. The molecule has 23 heteroatoms. The van der Waals surface area contributed by atoms with Gasteiger partial charge in [0.1, 0.15) is 67.1 Å². The zero-order chi connectivity index (χ0) is 68.2. The highest BCUT2D eigenvalue weighted by molar-refractivity contribution is 5.77. The van der Waals surface area contributed by atoms with Crippen molar-refractivity contribution >= 4 is 17.8 Å². The Labute approximate surface area is 557 Å². The molecular weight excluding hydrogens is 1200 g/mol. The van der Waals surface area contributed by atoms with Gasteiger partial charge in [0.15, 0.2) is 12.6 Å². The molecule has 0 bridgehead atoms. The summed E-state index contributed by atoms with van der Waals surface area (Å²) >= 11 is 0. The predicted molar refractivity (Wildman–Crippen MR) is 352 cm³/mol. The third kappa shape index (κ3) is 33.0. The fourth-order valence-electron chi connectivity index (χ4n) is 13.2. The van der Waals surface area contributed by atoms with Crippen molar-refractivity contribution in [2.75, 3.05) is 26.4 Å². The number of aliphatic hydroxyl groups excluding tert-OH is 11. The maximum atomic E-state index is 13.5. The van der Waals surface area contributed by atoms with Crippen molar-refractivity contribution in [2.45, 2.75) is 400 Å². The van der Waals surface area contributed by atoms with E-state index in [-0.39, 0.29) is 18.9 Å². The van der Waals surface area contributed by atoms with Crippen molar-refractivity contribution in [1.82, 2.24) is 10.6 Å². The Kier molecular flexibility index (Phi) is 46.6. The highest BCUT2D eigenvalue weighted by Crippen LogP contribution is 2.39. The number of aliphatic carboxylic acids is 1. The van der Waals surface area contributed by atoms with Crippen LogP contribution in [-0.2, 0) is 42.8 Å². The fraction of sp³-hybridized carbons (Fsp3) is 0.957. The van der Waals surface area contributed by atoms with Crippen molar-refractivity contribution < 1.29 is 104 Å². The predicted octanol–water partition coefficient (Wildman–Crippen LogP) is 7.68. The molecule has 0 aromatic rings. The van der Waals surface area contributed by atoms with Gasteiger partial charge in [-0.2, -0.15) is 0 Å². The average Bonchev–Trinajstić information content (AvgIpc) is 0.770. The first-order valence-electron chi connectivity index (χ1n) is 36.9. The highest BCUT2D eigenvalue weighted by Gasteiger charge is 2.60. The van der Waals surface area contributed by atoms with Crippen LogP contribution < -0.4 is 10.6 Å². The van der Waals surface area contributed by atoms with Crippen LogP contribution in [0, 0.1) is 0 Å². The molecule has 3 aliphatic heterocycles. The Morgan fingerprint density at radius 1 is 0.516 bits per heavy atom. The van der Waals surface area contributed by atoms with Crippen LogP contribution in [0.15, 0.2) is 0 Å². The normalized spacial score (nSPS) is 28.0. The molecule has 0 aromatic carbocycles. The number of carboxylic acids is 1. The lowest BCUT2D eigenvalue weighted by molar-refractivity contribution is -0.386.